The molecule has 0 unspecified atom stereocenters. The van der Waals surface area contributed by atoms with Gasteiger partial charge in [-0.25, -0.2) is 4.98 Å². The van der Waals surface area contributed by atoms with Gasteiger partial charge in [0, 0.05) is 0 Å². The molecule has 0 atom stereocenters. The zero-order valence-corrected chi connectivity index (χ0v) is 12.6. The third-order valence-corrected chi connectivity index (χ3v) is 3.52. The van der Waals surface area contributed by atoms with Crippen LogP contribution in [0.5, 0.6) is 0 Å². The van der Waals surface area contributed by atoms with Gasteiger partial charge in [0.2, 0.25) is 0 Å². The van der Waals surface area contributed by atoms with Crippen molar-refractivity contribution >= 4 is 5.97 Å². The van der Waals surface area contributed by atoms with Crippen molar-refractivity contribution < 1.29 is 9.90 Å². The number of imidazole rings is 1. The summed E-state index contributed by atoms with van der Waals surface area (Å²) in [7, 11) is 0. The lowest BCUT2D eigenvalue weighted by Gasteiger charge is -2.16. The van der Waals surface area contributed by atoms with E-state index in [0.29, 0.717) is 0 Å². The van der Waals surface area contributed by atoms with Crippen LogP contribution < -0.4 is 0 Å². The number of hydrogen-bond acceptors (Lipinski definition) is 2. The van der Waals surface area contributed by atoms with Gasteiger partial charge in [0.15, 0.2) is 0 Å². The average molecular weight is 272 g/mol. The zero-order chi connectivity index (χ0) is 15.0. The topological polar surface area (TPSA) is 55.1 Å². The van der Waals surface area contributed by atoms with Gasteiger partial charge in [-0.1, -0.05) is 17.7 Å². The molecular formula is C16H20N2O2. The molecule has 4 nitrogen and oxygen atoms in total. The third kappa shape index (κ3) is 2.46. The van der Waals surface area contributed by atoms with Crippen LogP contribution in [0.2, 0.25) is 0 Å². The summed E-state index contributed by atoms with van der Waals surface area (Å²) in [5, 5.41) is 9.11. The van der Waals surface area contributed by atoms with Crippen LogP contribution >= 0.6 is 0 Å². The number of nitrogens with zero attached hydrogens (tertiary/aromatic N) is 2. The van der Waals surface area contributed by atoms with Crippen molar-refractivity contribution in [3.05, 3.63) is 46.0 Å². The predicted molar refractivity (Wildman–Crippen MR) is 78.6 cm³/mol. The lowest BCUT2D eigenvalue weighted by molar-refractivity contribution is -0.136. The number of rotatable bonds is 3. The van der Waals surface area contributed by atoms with Gasteiger partial charge in [-0.15, -0.1) is 0 Å². The van der Waals surface area contributed by atoms with Gasteiger partial charge in [-0.2, -0.15) is 0 Å². The Kier molecular flexibility index (Phi) is 3.66. The summed E-state index contributed by atoms with van der Waals surface area (Å²) >= 11 is 0. The fraction of sp³-hybridized carbons (Fsp3) is 0.375. The molecule has 0 aliphatic heterocycles. The minimum absolute atomic E-state index is 0.0145. The first kappa shape index (κ1) is 14.3. The highest BCUT2D eigenvalue weighted by molar-refractivity contribution is 5.70. The van der Waals surface area contributed by atoms with Gasteiger partial charge in [-0.3, -0.25) is 9.36 Å². The molecule has 0 amide bonds. The maximum atomic E-state index is 11.1. The molecule has 20 heavy (non-hydrogen) atoms. The molecule has 1 aromatic carbocycles. The van der Waals surface area contributed by atoms with Crippen LogP contribution in [0.25, 0.3) is 5.69 Å². The van der Waals surface area contributed by atoms with Crippen LogP contribution in [-0.2, 0) is 11.2 Å². The molecule has 0 radical (unpaired) electrons. The van der Waals surface area contributed by atoms with E-state index in [9.17, 15) is 4.79 Å². The van der Waals surface area contributed by atoms with Crippen LogP contribution in [0.1, 0.15) is 33.9 Å². The molecule has 1 aromatic heterocycles. The fourth-order valence-electron chi connectivity index (χ4n) is 2.89. The van der Waals surface area contributed by atoms with Gasteiger partial charge in [0.25, 0.3) is 0 Å². The van der Waals surface area contributed by atoms with E-state index in [0.717, 1.165) is 34.0 Å². The number of aromatic nitrogens is 2. The van der Waals surface area contributed by atoms with Crippen LogP contribution in [0.4, 0.5) is 0 Å². The quantitative estimate of drug-likeness (QED) is 0.934. The molecule has 0 saturated carbocycles. The summed E-state index contributed by atoms with van der Waals surface area (Å²) in [6.45, 7) is 9.94. The van der Waals surface area contributed by atoms with Crippen LogP contribution in [0, 0.1) is 34.6 Å². The molecule has 1 N–H and O–H groups in total. The molecule has 0 spiro atoms. The molecule has 1 heterocycles. The van der Waals surface area contributed by atoms with Crippen molar-refractivity contribution in [2.45, 2.75) is 41.0 Å². The summed E-state index contributed by atoms with van der Waals surface area (Å²) in [4.78, 5) is 15.5. The number of hydrogen-bond donors (Lipinski definition) is 1. The number of carboxylic acids is 1. The summed E-state index contributed by atoms with van der Waals surface area (Å²) in [5.74, 6) is -0.00882. The third-order valence-electron chi connectivity index (χ3n) is 3.52. The van der Waals surface area contributed by atoms with E-state index in [1.165, 1.54) is 5.56 Å². The largest absolute Gasteiger partial charge is 0.481 e. The first-order chi connectivity index (χ1) is 9.31. The second-order valence-electron chi connectivity index (χ2n) is 5.34. The standard InChI is InChI=1S/C16H20N2O2/c1-9-6-10(2)16(11(3)7-9)18-13(5)17-12(4)14(18)8-15(19)20/h6-7H,8H2,1-5H3,(H,19,20). The number of aryl methyl sites for hydroxylation is 5. The highest BCUT2D eigenvalue weighted by Gasteiger charge is 2.18. The summed E-state index contributed by atoms with van der Waals surface area (Å²) in [6, 6.07) is 4.23. The smallest absolute Gasteiger partial charge is 0.309 e. The average Bonchev–Trinajstić information content (AvgIpc) is 2.54. The van der Waals surface area contributed by atoms with Crippen molar-refractivity contribution in [1.82, 2.24) is 9.55 Å². The summed E-state index contributed by atoms with van der Waals surface area (Å²) in [6.07, 6.45) is -0.0145. The molecule has 106 valence electrons. The zero-order valence-electron chi connectivity index (χ0n) is 12.6. The minimum atomic E-state index is -0.836. The Labute approximate surface area is 119 Å². The second-order valence-corrected chi connectivity index (χ2v) is 5.34. The van der Waals surface area contributed by atoms with Gasteiger partial charge >= 0.3 is 5.97 Å². The van der Waals surface area contributed by atoms with E-state index in [1.807, 2.05) is 18.4 Å². The molecule has 2 aromatic rings. The van der Waals surface area contributed by atoms with Crippen LogP contribution in [-0.4, -0.2) is 20.6 Å². The highest BCUT2D eigenvalue weighted by atomic mass is 16.4. The number of aliphatic carboxylic acids is 1. The molecule has 0 saturated heterocycles. The fourth-order valence-corrected chi connectivity index (χ4v) is 2.89. The molecule has 2 rings (SSSR count). The second kappa shape index (κ2) is 5.12. The van der Waals surface area contributed by atoms with Crippen molar-refractivity contribution in [2.24, 2.45) is 0 Å². The highest BCUT2D eigenvalue weighted by Crippen LogP contribution is 2.26. The monoisotopic (exact) mass is 272 g/mol. The van der Waals surface area contributed by atoms with Crippen LogP contribution in [0.3, 0.4) is 0 Å². The molecule has 0 fully saturated rings. The Morgan fingerprint density at radius 3 is 2.20 bits per heavy atom. The van der Waals surface area contributed by atoms with Crippen molar-refractivity contribution in [1.29, 1.82) is 0 Å². The molecule has 0 aliphatic carbocycles. The maximum Gasteiger partial charge on any atom is 0.309 e. The number of carboxylic acid groups (broad SMARTS) is 1. The molecule has 0 bridgehead atoms. The minimum Gasteiger partial charge on any atom is -0.481 e. The Bertz CT molecular complexity index is 661. The normalized spacial score (nSPS) is 10.8. The van der Waals surface area contributed by atoms with E-state index in [2.05, 4.69) is 37.9 Å². The lowest BCUT2D eigenvalue weighted by atomic mass is 10.0. The van der Waals surface area contributed by atoms with Gasteiger partial charge in [0.1, 0.15) is 5.82 Å². The van der Waals surface area contributed by atoms with Crippen molar-refractivity contribution in [2.75, 3.05) is 0 Å². The van der Waals surface area contributed by atoms with Crippen molar-refractivity contribution in [3.63, 3.8) is 0 Å². The van der Waals surface area contributed by atoms with E-state index in [-0.39, 0.29) is 6.42 Å². The Balaban J connectivity index is 2.73. The van der Waals surface area contributed by atoms with Gasteiger partial charge < -0.3 is 5.11 Å². The van der Waals surface area contributed by atoms with Crippen molar-refractivity contribution in [3.8, 4) is 5.69 Å². The van der Waals surface area contributed by atoms with Crippen LogP contribution in [0.15, 0.2) is 12.1 Å². The van der Waals surface area contributed by atoms with E-state index in [4.69, 9.17) is 5.11 Å². The first-order valence-electron chi connectivity index (χ1n) is 6.66. The molecule has 0 aliphatic rings. The predicted octanol–water partition coefficient (Wildman–Crippen LogP) is 3.04. The van der Waals surface area contributed by atoms with Gasteiger partial charge in [0.05, 0.1) is 23.5 Å². The lowest BCUT2D eigenvalue weighted by Crippen LogP contribution is -2.11. The van der Waals surface area contributed by atoms with E-state index in [1.54, 1.807) is 0 Å². The molecule has 4 heteroatoms. The van der Waals surface area contributed by atoms with E-state index >= 15 is 0 Å². The Hall–Kier alpha value is -2.10. The van der Waals surface area contributed by atoms with Gasteiger partial charge in [-0.05, 0) is 45.7 Å². The Morgan fingerprint density at radius 1 is 1.15 bits per heavy atom. The summed E-state index contributed by atoms with van der Waals surface area (Å²) < 4.78 is 1.98. The molecular weight excluding hydrogens is 252 g/mol. The number of carbonyl (C=O) groups is 1. The summed E-state index contributed by atoms with van der Waals surface area (Å²) in [5.41, 5.74) is 6.06. The first-order valence-corrected chi connectivity index (χ1v) is 6.66. The SMILES string of the molecule is Cc1cc(C)c(-n2c(C)nc(C)c2CC(=O)O)c(C)c1. The number of benzene rings is 1. The maximum absolute atomic E-state index is 11.1. The Morgan fingerprint density at radius 2 is 1.70 bits per heavy atom. The van der Waals surface area contributed by atoms with E-state index < -0.39 is 5.97 Å².